The molecule has 2 aromatic carbocycles. The summed E-state index contributed by atoms with van der Waals surface area (Å²) in [5.74, 6) is 2.41. The van der Waals surface area contributed by atoms with Crippen LogP contribution in [0.15, 0.2) is 57.4 Å². The van der Waals surface area contributed by atoms with Crippen molar-refractivity contribution in [2.24, 2.45) is 0 Å². The van der Waals surface area contributed by atoms with Gasteiger partial charge in [-0.3, -0.25) is 0 Å². The predicted molar refractivity (Wildman–Crippen MR) is 94.7 cm³/mol. The molecule has 122 valence electrons. The van der Waals surface area contributed by atoms with Gasteiger partial charge in [0.15, 0.2) is 6.61 Å². The minimum Gasteiger partial charge on any atom is -0.497 e. The van der Waals surface area contributed by atoms with Crippen molar-refractivity contribution in [3.63, 3.8) is 0 Å². The molecule has 5 nitrogen and oxygen atoms in total. The van der Waals surface area contributed by atoms with Crippen molar-refractivity contribution in [2.45, 2.75) is 6.61 Å². The predicted octanol–water partition coefficient (Wildman–Crippen LogP) is 4.59. The van der Waals surface area contributed by atoms with Crippen LogP contribution in [0.1, 0.15) is 17.3 Å². The topological polar surface area (TPSA) is 57.4 Å². The van der Waals surface area contributed by atoms with E-state index >= 15 is 0 Å². The van der Waals surface area contributed by atoms with Crippen LogP contribution in [0.2, 0.25) is 0 Å². The third kappa shape index (κ3) is 4.45. The summed E-state index contributed by atoms with van der Waals surface area (Å²) < 4.78 is 17.2. The molecule has 0 saturated carbocycles. The Kier molecular flexibility index (Phi) is 5.28. The molecule has 3 aromatic rings. The minimum absolute atomic E-state index is 0.227. The Morgan fingerprint density at radius 3 is 2.38 bits per heavy atom. The molecule has 24 heavy (non-hydrogen) atoms. The van der Waals surface area contributed by atoms with Crippen LogP contribution in [-0.2, 0) is 6.61 Å². The standard InChI is InChI=1S/C18H15BrN2O3/c1-22-15-7-2-13(3-8-15)4-11-17-20-21-18(24-17)12-23-16-9-5-14(19)6-10-16/h2-11H,12H2,1H3. The minimum atomic E-state index is 0.227. The highest BCUT2D eigenvalue weighted by atomic mass is 79.9. The summed E-state index contributed by atoms with van der Waals surface area (Å²) in [6.45, 7) is 0.227. The molecule has 0 atom stereocenters. The van der Waals surface area contributed by atoms with Crippen LogP contribution in [0.3, 0.4) is 0 Å². The van der Waals surface area contributed by atoms with E-state index in [1.807, 2.05) is 54.6 Å². The number of rotatable bonds is 6. The van der Waals surface area contributed by atoms with Crippen LogP contribution in [0, 0.1) is 0 Å². The summed E-state index contributed by atoms with van der Waals surface area (Å²) in [5, 5.41) is 7.94. The van der Waals surface area contributed by atoms with Crippen molar-refractivity contribution in [3.8, 4) is 11.5 Å². The van der Waals surface area contributed by atoms with Crippen LogP contribution in [0.5, 0.6) is 11.5 Å². The first-order chi connectivity index (χ1) is 11.7. The van der Waals surface area contributed by atoms with Gasteiger partial charge in [-0.2, -0.15) is 0 Å². The van der Waals surface area contributed by atoms with Gasteiger partial charge in [0.2, 0.25) is 5.89 Å². The molecule has 1 heterocycles. The Bertz CT molecular complexity index is 811. The number of halogens is 1. The molecule has 0 aliphatic rings. The van der Waals surface area contributed by atoms with Gasteiger partial charge in [0, 0.05) is 10.5 Å². The molecule has 0 aliphatic heterocycles. The lowest BCUT2D eigenvalue weighted by Gasteiger charge is -2.02. The number of hydrogen-bond acceptors (Lipinski definition) is 5. The zero-order valence-corrected chi connectivity index (χ0v) is 14.6. The van der Waals surface area contributed by atoms with E-state index in [2.05, 4.69) is 26.1 Å². The maximum Gasteiger partial charge on any atom is 0.254 e. The molecule has 1 aromatic heterocycles. The van der Waals surface area contributed by atoms with Gasteiger partial charge in [-0.25, -0.2) is 0 Å². The monoisotopic (exact) mass is 386 g/mol. The number of methoxy groups -OCH3 is 1. The smallest absolute Gasteiger partial charge is 0.254 e. The van der Waals surface area contributed by atoms with Crippen molar-refractivity contribution >= 4 is 28.1 Å². The zero-order chi connectivity index (χ0) is 16.8. The van der Waals surface area contributed by atoms with Gasteiger partial charge in [0.05, 0.1) is 7.11 Å². The highest BCUT2D eigenvalue weighted by Gasteiger charge is 2.04. The number of aromatic nitrogens is 2. The largest absolute Gasteiger partial charge is 0.497 e. The second-order valence-corrected chi connectivity index (χ2v) is 5.80. The van der Waals surface area contributed by atoms with E-state index in [9.17, 15) is 0 Å². The van der Waals surface area contributed by atoms with Crippen LogP contribution < -0.4 is 9.47 Å². The number of hydrogen-bond donors (Lipinski definition) is 0. The van der Waals surface area contributed by atoms with Crippen LogP contribution in [0.4, 0.5) is 0 Å². The third-order valence-corrected chi connectivity index (χ3v) is 3.72. The summed E-state index contributed by atoms with van der Waals surface area (Å²) in [6.07, 6.45) is 3.66. The maximum absolute atomic E-state index is 5.59. The average Bonchev–Trinajstić information content (AvgIpc) is 3.08. The summed E-state index contributed by atoms with van der Waals surface area (Å²) in [7, 11) is 1.64. The second kappa shape index (κ2) is 7.79. The van der Waals surface area contributed by atoms with Gasteiger partial charge in [-0.15, -0.1) is 10.2 Å². The van der Waals surface area contributed by atoms with Crippen molar-refractivity contribution in [2.75, 3.05) is 7.11 Å². The molecule has 3 rings (SSSR count). The lowest BCUT2D eigenvalue weighted by atomic mass is 10.2. The molecule has 0 N–H and O–H groups in total. The Labute approximate surface area is 148 Å². The quantitative estimate of drug-likeness (QED) is 0.619. The lowest BCUT2D eigenvalue weighted by Crippen LogP contribution is -1.95. The molecular formula is C18H15BrN2O3. The summed E-state index contributed by atoms with van der Waals surface area (Å²) in [4.78, 5) is 0. The zero-order valence-electron chi connectivity index (χ0n) is 13.0. The van der Waals surface area contributed by atoms with Gasteiger partial charge < -0.3 is 13.9 Å². The highest BCUT2D eigenvalue weighted by Crippen LogP contribution is 2.17. The molecule has 0 spiro atoms. The van der Waals surface area contributed by atoms with Crippen molar-refractivity contribution < 1.29 is 13.9 Å². The van der Waals surface area contributed by atoms with Crippen molar-refractivity contribution in [3.05, 3.63) is 70.3 Å². The molecule has 0 aliphatic carbocycles. The van der Waals surface area contributed by atoms with Crippen molar-refractivity contribution in [1.29, 1.82) is 0 Å². The molecular weight excluding hydrogens is 372 g/mol. The first-order valence-corrected chi connectivity index (χ1v) is 8.05. The van der Waals surface area contributed by atoms with E-state index < -0.39 is 0 Å². The van der Waals surface area contributed by atoms with Gasteiger partial charge in [-0.05, 0) is 48.0 Å². The highest BCUT2D eigenvalue weighted by molar-refractivity contribution is 9.10. The van der Waals surface area contributed by atoms with E-state index in [0.29, 0.717) is 11.8 Å². The number of ether oxygens (including phenoxy) is 2. The summed E-state index contributed by atoms with van der Waals surface area (Å²) >= 11 is 3.38. The Hall–Kier alpha value is -2.60. The number of nitrogens with zero attached hydrogens (tertiary/aromatic N) is 2. The van der Waals surface area contributed by atoms with Gasteiger partial charge >= 0.3 is 0 Å². The molecule has 0 radical (unpaired) electrons. The third-order valence-electron chi connectivity index (χ3n) is 3.19. The molecule has 0 unspecified atom stereocenters. The van der Waals surface area contributed by atoms with E-state index in [0.717, 1.165) is 21.5 Å². The Balaban J connectivity index is 1.58. The van der Waals surface area contributed by atoms with Crippen molar-refractivity contribution in [1.82, 2.24) is 10.2 Å². The normalized spacial score (nSPS) is 10.9. The van der Waals surface area contributed by atoms with E-state index in [1.165, 1.54) is 0 Å². The van der Waals surface area contributed by atoms with E-state index in [1.54, 1.807) is 13.2 Å². The Morgan fingerprint density at radius 2 is 1.67 bits per heavy atom. The van der Waals surface area contributed by atoms with Crippen LogP contribution in [0.25, 0.3) is 12.2 Å². The fourth-order valence-corrected chi connectivity index (χ4v) is 2.22. The second-order valence-electron chi connectivity index (χ2n) is 4.88. The van der Waals surface area contributed by atoms with Gasteiger partial charge in [0.25, 0.3) is 5.89 Å². The Morgan fingerprint density at radius 1 is 0.958 bits per heavy atom. The van der Waals surface area contributed by atoms with E-state index in [-0.39, 0.29) is 6.61 Å². The summed E-state index contributed by atoms with van der Waals surface area (Å²) in [6, 6.07) is 15.2. The molecule has 0 amide bonds. The summed E-state index contributed by atoms with van der Waals surface area (Å²) in [5.41, 5.74) is 1.02. The van der Waals surface area contributed by atoms with Crippen LogP contribution >= 0.6 is 15.9 Å². The maximum atomic E-state index is 5.59. The molecule has 0 fully saturated rings. The van der Waals surface area contributed by atoms with Crippen LogP contribution in [-0.4, -0.2) is 17.3 Å². The SMILES string of the molecule is COc1ccc(C=Cc2nnc(COc3ccc(Br)cc3)o2)cc1. The first kappa shape index (κ1) is 16.3. The molecule has 0 saturated heterocycles. The average molecular weight is 387 g/mol. The van der Waals surface area contributed by atoms with Gasteiger partial charge in [-0.1, -0.05) is 28.1 Å². The molecule has 0 bridgehead atoms. The molecule has 6 heteroatoms. The first-order valence-electron chi connectivity index (χ1n) is 7.26. The van der Waals surface area contributed by atoms with E-state index in [4.69, 9.17) is 13.9 Å². The number of benzene rings is 2. The fourth-order valence-electron chi connectivity index (χ4n) is 1.95. The lowest BCUT2D eigenvalue weighted by molar-refractivity contribution is 0.262. The fraction of sp³-hybridized carbons (Fsp3) is 0.111. The van der Waals surface area contributed by atoms with Gasteiger partial charge in [0.1, 0.15) is 11.5 Å².